The Morgan fingerprint density at radius 3 is 2.61 bits per heavy atom. The van der Waals surface area contributed by atoms with Gasteiger partial charge < -0.3 is 14.4 Å². The van der Waals surface area contributed by atoms with Gasteiger partial charge in [-0.3, -0.25) is 0 Å². The van der Waals surface area contributed by atoms with E-state index in [4.69, 9.17) is 10.00 Å². The largest absolute Gasteiger partial charge is 0.491 e. The van der Waals surface area contributed by atoms with Crippen LogP contribution in [-0.4, -0.2) is 38.3 Å². The summed E-state index contributed by atoms with van der Waals surface area (Å²) in [6, 6.07) is 17.0. The Morgan fingerprint density at radius 2 is 1.93 bits per heavy atom. The monoisotopic (exact) mass is 394 g/mol. The molecule has 0 radical (unpaired) electrons. The number of nitriles is 1. The van der Waals surface area contributed by atoms with Gasteiger partial charge in [-0.05, 0) is 43.7 Å². The third-order valence-electron chi connectivity index (χ3n) is 4.25. The molecular weight excluding hydrogens is 372 g/mol. The normalized spacial score (nSPS) is 11.8. The summed E-state index contributed by atoms with van der Waals surface area (Å²) in [5, 5.41) is 28.5. The van der Waals surface area contributed by atoms with Crippen molar-refractivity contribution < 1.29 is 9.84 Å². The predicted molar refractivity (Wildman–Crippen MR) is 109 cm³/mol. The number of aryl methyl sites for hydroxylation is 1. The molecule has 2 aromatic carbocycles. The molecule has 0 bridgehead atoms. The van der Waals surface area contributed by atoms with Crippen molar-refractivity contribution in [3.05, 3.63) is 59.7 Å². The maximum atomic E-state index is 10.2. The lowest BCUT2D eigenvalue weighted by Crippen LogP contribution is -2.20. The minimum absolute atomic E-state index is 0.170. The van der Waals surface area contributed by atoms with Crippen molar-refractivity contribution >= 4 is 11.8 Å². The number of thioether (sulfide) groups is 1. The Morgan fingerprint density at radius 1 is 1.18 bits per heavy atom. The third-order valence-corrected chi connectivity index (χ3v) is 5.36. The summed E-state index contributed by atoms with van der Waals surface area (Å²) in [4.78, 5) is 0. The molecule has 28 heavy (non-hydrogen) atoms. The SMILES string of the molecule is CCn1c(SCC(O)COc2ccc(C#N)cc2)nnc1-c1ccccc1C. The van der Waals surface area contributed by atoms with Gasteiger partial charge in [-0.25, -0.2) is 0 Å². The van der Waals surface area contributed by atoms with Crippen molar-refractivity contribution in [3.63, 3.8) is 0 Å². The highest BCUT2D eigenvalue weighted by Gasteiger charge is 2.16. The van der Waals surface area contributed by atoms with Gasteiger partial charge in [0.1, 0.15) is 12.4 Å². The molecule has 0 saturated carbocycles. The molecule has 1 N–H and O–H groups in total. The number of rotatable bonds is 8. The fourth-order valence-corrected chi connectivity index (χ4v) is 3.65. The lowest BCUT2D eigenvalue weighted by molar-refractivity contribution is 0.126. The molecule has 0 fully saturated rings. The van der Waals surface area contributed by atoms with E-state index in [0.717, 1.165) is 28.7 Å². The first-order valence-electron chi connectivity index (χ1n) is 9.05. The lowest BCUT2D eigenvalue weighted by atomic mass is 10.1. The molecule has 7 heteroatoms. The Labute approximate surface area is 168 Å². The maximum absolute atomic E-state index is 10.2. The molecule has 1 heterocycles. The highest BCUT2D eigenvalue weighted by molar-refractivity contribution is 7.99. The molecule has 1 atom stereocenters. The number of benzene rings is 2. The molecule has 1 aromatic heterocycles. The molecule has 0 aliphatic carbocycles. The van der Waals surface area contributed by atoms with Crippen molar-refractivity contribution in [1.29, 1.82) is 5.26 Å². The maximum Gasteiger partial charge on any atom is 0.191 e. The van der Waals surface area contributed by atoms with Crippen LogP contribution in [0.5, 0.6) is 5.75 Å². The van der Waals surface area contributed by atoms with Gasteiger partial charge in [-0.2, -0.15) is 5.26 Å². The number of hydrogen-bond acceptors (Lipinski definition) is 6. The van der Waals surface area contributed by atoms with Crippen LogP contribution in [-0.2, 0) is 6.54 Å². The predicted octanol–water partition coefficient (Wildman–Crippen LogP) is 3.68. The van der Waals surface area contributed by atoms with E-state index in [1.807, 2.05) is 18.2 Å². The summed E-state index contributed by atoms with van der Waals surface area (Å²) in [7, 11) is 0. The van der Waals surface area contributed by atoms with Crippen LogP contribution in [0.2, 0.25) is 0 Å². The highest BCUT2D eigenvalue weighted by atomic mass is 32.2. The van der Waals surface area contributed by atoms with Crippen LogP contribution in [0.4, 0.5) is 0 Å². The van der Waals surface area contributed by atoms with E-state index < -0.39 is 6.10 Å². The second kappa shape index (κ2) is 9.40. The van der Waals surface area contributed by atoms with Gasteiger partial charge in [0.2, 0.25) is 0 Å². The van der Waals surface area contributed by atoms with Gasteiger partial charge in [0.15, 0.2) is 11.0 Å². The summed E-state index contributed by atoms with van der Waals surface area (Å²) in [5.74, 6) is 1.91. The van der Waals surface area contributed by atoms with Crippen molar-refractivity contribution in [2.75, 3.05) is 12.4 Å². The van der Waals surface area contributed by atoms with Crippen molar-refractivity contribution in [3.8, 4) is 23.2 Å². The molecule has 3 rings (SSSR count). The molecule has 3 aromatic rings. The summed E-state index contributed by atoms with van der Waals surface area (Å²) in [5.41, 5.74) is 2.79. The van der Waals surface area contributed by atoms with Crippen LogP contribution in [0.3, 0.4) is 0 Å². The van der Waals surface area contributed by atoms with E-state index in [-0.39, 0.29) is 6.61 Å². The van der Waals surface area contributed by atoms with Crippen LogP contribution >= 0.6 is 11.8 Å². The first kappa shape index (κ1) is 19.9. The fourth-order valence-electron chi connectivity index (χ4n) is 2.74. The molecule has 0 amide bonds. The molecule has 1 unspecified atom stereocenters. The van der Waals surface area contributed by atoms with Crippen LogP contribution in [0, 0.1) is 18.3 Å². The Bertz CT molecular complexity index is 963. The zero-order valence-electron chi connectivity index (χ0n) is 15.9. The lowest BCUT2D eigenvalue weighted by Gasteiger charge is -2.13. The van der Waals surface area contributed by atoms with E-state index in [1.165, 1.54) is 11.8 Å². The molecule has 0 aliphatic heterocycles. The zero-order valence-corrected chi connectivity index (χ0v) is 16.7. The van der Waals surface area contributed by atoms with Gasteiger partial charge in [0, 0.05) is 17.9 Å². The van der Waals surface area contributed by atoms with Gasteiger partial charge in [0.05, 0.1) is 17.7 Å². The number of aliphatic hydroxyl groups excluding tert-OH is 1. The van der Waals surface area contributed by atoms with Gasteiger partial charge in [-0.1, -0.05) is 36.0 Å². The average Bonchev–Trinajstić information content (AvgIpc) is 3.14. The highest BCUT2D eigenvalue weighted by Crippen LogP contribution is 2.26. The summed E-state index contributed by atoms with van der Waals surface area (Å²) in [6.45, 7) is 5.03. The molecule has 0 aliphatic rings. The summed E-state index contributed by atoms with van der Waals surface area (Å²) < 4.78 is 7.64. The number of ether oxygens (including phenoxy) is 1. The molecule has 144 valence electrons. The van der Waals surface area contributed by atoms with Crippen LogP contribution < -0.4 is 4.74 Å². The van der Waals surface area contributed by atoms with Gasteiger partial charge in [-0.15, -0.1) is 10.2 Å². The van der Waals surface area contributed by atoms with Crippen molar-refractivity contribution in [2.45, 2.75) is 31.7 Å². The van der Waals surface area contributed by atoms with Crippen molar-refractivity contribution in [2.24, 2.45) is 0 Å². The Hall–Kier alpha value is -2.82. The molecule has 6 nitrogen and oxygen atoms in total. The zero-order chi connectivity index (χ0) is 19.9. The van der Waals surface area contributed by atoms with Crippen LogP contribution in [0.15, 0.2) is 53.7 Å². The standard InChI is InChI=1S/C21H22N4O2S/c1-3-25-20(19-7-5-4-6-15(19)2)23-24-21(25)28-14-17(26)13-27-18-10-8-16(12-22)9-11-18/h4-11,17,26H,3,13-14H2,1-2H3. The Kier molecular flexibility index (Phi) is 6.69. The van der Waals surface area contributed by atoms with Gasteiger partial charge >= 0.3 is 0 Å². The second-order valence-corrected chi connectivity index (χ2v) is 7.26. The van der Waals surface area contributed by atoms with Crippen molar-refractivity contribution in [1.82, 2.24) is 14.8 Å². The number of aromatic nitrogens is 3. The first-order chi connectivity index (χ1) is 13.6. The second-order valence-electron chi connectivity index (χ2n) is 6.28. The summed E-state index contributed by atoms with van der Waals surface area (Å²) in [6.07, 6.45) is -0.649. The molecule has 0 saturated heterocycles. The third kappa shape index (κ3) is 4.71. The Balaban J connectivity index is 1.59. The van der Waals surface area contributed by atoms with Crippen LogP contribution in [0.1, 0.15) is 18.1 Å². The average molecular weight is 395 g/mol. The van der Waals surface area contributed by atoms with Crippen LogP contribution in [0.25, 0.3) is 11.4 Å². The molecular formula is C21H22N4O2S. The van der Waals surface area contributed by atoms with E-state index >= 15 is 0 Å². The van der Waals surface area contributed by atoms with E-state index in [1.54, 1.807) is 24.3 Å². The quantitative estimate of drug-likeness (QED) is 0.587. The topological polar surface area (TPSA) is 84.0 Å². The van der Waals surface area contributed by atoms with E-state index in [0.29, 0.717) is 17.1 Å². The minimum Gasteiger partial charge on any atom is -0.491 e. The number of nitrogens with zero attached hydrogens (tertiary/aromatic N) is 4. The smallest absolute Gasteiger partial charge is 0.191 e. The fraction of sp³-hybridized carbons (Fsp3) is 0.286. The summed E-state index contributed by atoms with van der Waals surface area (Å²) >= 11 is 1.46. The molecule has 0 spiro atoms. The minimum atomic E-state index is -0.649. The van der Waals surface area contributed by atoms with E-state index in [9.17, 15) is 5.11 Å². The van der Waals surface area contributed by atoms with Gasteiger partial charge in [0.25, 0.3) is 0 Å². The van der Waals surface area contributed by atoms with E-state index in [2.05, 4.69) is 40.7 Å². The number of hydrogen-bond donors (Lipinski definition) is 1. The number of aliphatic hydroxyl groups is 1. The first-order valence-corrected chi connectivity index (χ1v) is 10.0.